The van der Waals surface area contributed by atoms with Gasteiger partial charge >= 0.3 is 6.18 Å². The van der Waals surface area contributed by atoms with Crippen LogP contribution in [0.2, 0.25) is 0 Å². The standard InChI is InChI=1S/C24H24F3N3O3/c1-15-21(16-4-7-18(8-5-16)24(25,26)27)29-23(28-15)10-12-30(13-11-23)22(31)17-6-9-19(32-2)20(14-17)33-3/h4-9,14H,10-13H2,1-3H3. The van der Waals surface area contributed by atoms with Crippen LogP contribution in [-0.4, -0.2) is 55.2 Å². The molecule has 1 amide bonds. The van der Waals surface area contributed by atoms with Gasteiger partial charge in [-0.2, -0.15) is 13.2 Å². The Balaban J connectivity index is 1.48. The number of hydrogen-bond acceptors (Lipinski definition) is 5. The molecule has 2 aromatic carbocycles. The molecular weight excluding hydrogens is 435 g/mol. The highest BCUT2D eigenvalue weighted by atomic mass is 19.4. The van der Waals surface area contributed by atoms with Gasteiger partial charge in [0, 0.05) is 37.1 Å². The SMILES string of the molecule is COc1ccc(C(=O)N2CCC3(CC2)N=C(C)C(c2ccc(C(F)(F)F)cc2)=N3)cc1OC. The van der Waals surface area contributed by atoms with Crippen molar-refractivity contribution < 1.29 is 27.4 Å². The number of carbonyl (C=O) groups is 1. The van der Waals surface area contributed by atoms with Crippen molar-refractivity contribution in [3.05, 3.63) is 59.2 Å². The molecule has 174 valence electrons. The van der Waals surface area contributed by atoms with Gasteiger partial charge in [-0.3, -0.25) is 14.8 Å². The lowest BCUT2D eigenvalue weighted by atomic mass is 9.97. The van der Waals surface area contributed by atoms with E-state index < -0.39 is 17.4 Å². The van der Waals surface area contributed by atoms with Crippen molar-refractivity contribution in [2.45, 2.75) is 31.6 Å². The Morgan fingerprint density at radius 1 is 0.970 bits per heavy atom. The van der Waals surface area contributed by atoms with Crippen molar-refractivity contribution in [3.63, 3.8) is 0 Å². The molecule has 0 aliphatic carbocycles. The maximum Gasteiger partial charge on any atom is 0.416 e. The molecule has 0 aromatic heterocycles. The predicted molar refractivity (Wildman–Crippen MR) is 119 cm³/mol. The summed E-state index contributed by atoms with van der Waals surface area (Å²) in [5.74, 6) is 0.919. The number of rotatable bonds is 4. The van der Waals surface area contributed by atoms with Crippen LogP contribution in [0.25, 0.3) is 0 Å². The third-order valence-corrected chi connectivity index (χ3v) is 6.01. The first kappa shape index (κ1) is 22.8. The molecule has 0 unspecified atom stereocenters. The van der Waals surface area contributed by atoms with Crippen LogP contribution in [0.15, 0.2) is 52.4 Å². The van der Waals surface area contributed by atoms with Gasteiger partial charge in [-0.05, 0) is 37.3 Å². The van der Waals surface area contributed by atoms with Gasteiger partial charge in [0.15, 0.2) is 17.2 Å². The van der Waals surface area contributed by atoms with E-state index in [4.69, 9.17) is 19.5 Å². The molecule has 2 aromatic rings. The van der Waals surface area contributed by atoms with Crippen molar-refractivity contribution >= 4 is 17.3 Å². The number of carbonyl (C=O) groups excluding carboxylic acids is 1. The molecule has 1 spiro atoms. The van der Waals surface area contributed by atoms with E-state index in [1.54, 1.807) is 23.1 Å². The summed E-state index contributed by atoms with van der Waals surface area (Å²) in [6.45, 7) is 2.74. The van der Waals surface area contributed by atoms with Crippen LogP contribution in [0.3, 0.4) is 0 Å². The Kier molecular flexibility index (Phi) is 5.90. The number of halogens is 3. The molecule has 2 aliphatic heterocycles. The zero-order chi connectivity index (χ0) is 23.8. The van der Waals surface area contributed by atoms with Gasteiger partial charge < -0.3 is 14.4 Å². The second kappa shape index (κ2) is 8.53. The van der Waals surface area contributed by atoms with Crippen molar-refractivity contribution in [2.24, 2.45) is 9.98 Å². The van der Waals surface area contributed by atoms with Gasteiger partial charge in [0.05, 0.1) is 31.2 Å². The molecule has 1 fully saturated rings. The molecule has 0 N–H and O–H groups in total. The predicted octanol–water partition coefficient (Wildman–Crippen LogP) is 4.62. The van der Waals surface area contributed by atoms with Crippen molar-refractivity contribution in [1.82, 2.24) is 4.90 Å². The average Bonchev–Trinajstić information content (AvgIpc) is 3.13. The van der Waals surface area contributed by atoms with E-state index in [2.05, 4.69) is 0 Å². The summed E-state index contributed by atoms with van der Waals surface area (Å²) >= 11 is 0. The first-order valence-corrected chi connectivity index (χ1v) is 10.5. The largest absolute Gasteiger partial charge is 0.493 e. The summed E-state index contributed by atoms with van der Waals surface area (Å²) in [6, 6.07) is 10.0. The lowest BCUT2D eigenvalue weighted by Crippen LogP contribution is -2.44. The normalized spacial score (nSPS) is 17.6. The number of alkyl halides is 3. The Hall–Kier alpha value is -3.36. The number of hydrogen-bond donors (Lipinski definition) is 0. The Morgan fingerprint density at radius 2 is 1.61 bits per heavy atom. The number of ether oxygens (including phenoxy) is 2. The molecule has 1 saturated heterocycles. The summed E-state index contributed by atoms with van der Waals surface area (Å²) in [6.07, 6.45) is -3.31. The number of aliphatic imine (C=N–C) groups is 2. The summed E-state index contributed by atoms with van der Waals surface area (Å²) in [7, 11) is 3.05. The summed E-state index contributed by atoms with van der Waals surface area (Å²) in [5, 5.41) is 0. The Bertz CT molecular complexity index is 1120. The van der Waals surface area contributed by atoms with Gasteiger partial charge in [-0.15, -0.1) is 0 Å². The zero-order valence-corrected chi connectivity index (χ0v) is 18.6. The number of nitrogens with zero attached hydrogens (tertiary/aromatic N) is 3. The first-order chi connectivity index (χ1) is 15.7. The van der Waals surface area contributed by atoms with Gasteiger partial charge in [0.2, 0.25) is 0 Å². The Morgan fingerprint density at radius 3 is 2.18 bits per heavy atom. The van der Waals surface area contributed by atoms with Crippen LogP contribution < -0.4 is 9.47 Å². The van der Waals surface area contributed by atoms with Crippen LogP contribution >= 0.6 is 0 Å². The van der Waals surface area contributed by atoms with Gasteiger partial charge in [0.25, 0.3) is 5.91 Å². The van der Waals surface area contributed by atoms with E-state index in [1.807, 2.05) is 6.92 Å². The molecule has 0 bridgehead atoms. The zero-order valence-electron chi connectivity index (χ0n) is 18.6. The second-order valence-corrected chi connectivity index (χ2v) is 8.08. The molecule has 0 saturated carbocycles. The minimum absolute atomic E-state index is 0.114. The molecule has 2 heterocycles. The van der Waals surface area contributed by atoms with E-state index in [1.165, 1.54) is 26.4 Å². The molecule has 4 rings (SSSR count). The third-order valence-electron chi connectivity index (χ3n) is 6.01. The maximum atomic E-state index is 13.0. The van der Waals surface area contributed by atoms with E-state index in [-0.39, 0.29) is 5.91 Å². The molecule has 9 heteroatoms. The fourth-order valence-electron chi connectivity index (χ4n) is 4.21. The van der Waals surface area contributed by atoms with Gasteiger partial charge in [0.1, 0.15) is 0 Å². The van der Waals surface area contributed by atoms with Crippen LogP contribution in [0.4, 0.5) is 13.2 Å². The topological polar surface area (TPSA) is 63.5 Å². The van der Waals surface area contributed by atoms with Gasteiger partial charge in [-0.1, -0.05) is 12.1 Å². The van der Waals surface area contributed by atoms with E-state index in [0.29, 0.717) is 60.0 Å². The lowest BCUT2D eigenvalue weighted by Gasteiger charge is -2.35. The highest BCUT2D eigenvalue weighted by Crippen LogP contribution is 2.35. The molecule has 2 aliphatic rings. The fourth-order valence-corrected chi connectivity index (χ4v) is 4.21. The second-order valence-electron chi connectivity index (χ2n) is 8.08. The highest BCUT2D eigenvalue weighted by Gasteiger charge is 2.40. The number of benzene rings is 2. The number of amides is 1. The third kappa shape index (κ3) is 4.44. The van der Waals surface area contributed by atoms with E-state index >= 15 is 0 Å². The van der Waals surface area contributed by atoms with Crippen molar-refractivity contribution in [3.8, 4) is 11.5 Å². The van der Waals surface area contributed by atoms with Crippen LogP contribution in [0.5, 0.6) is 11.5 Å². The minimum Gasteiger partial charge on any atom is -0.493 e. The molecule has 6 nitrogen and oxygen atoms in total. The molecular formula is C24H24F3N3O3. The number of likely N-dealkylation sites (tertiary alicyclic amines) is 1. The van der Waals surface area contributed by atoms with Crippen molar-refractivity contribution in [1.29, 1.82) is 0 Å². The fraction of sp³-hybridized carbons (Fsp3) is 0.375. The van der Waals surface area contributed by atoms with Crippen LogP contribution in [-0.2, 0) is 6.18 Å². The summed E-state index contributed by atoms with van der Waals surface area (Å²) < 4.78 is 49.1. The highest BCUT2D eigenvalue weighted by molar-refractivity contribution is 6.48. The maximum absolute atomic E-state index is 13.0. The number of piperidine rings is 1. The lowest BCUT2D eigenvalue weighted by molar-refractivity contribution is -0.137. The van der Waals surface area contributed by atoms with E-state index in [9.17, 15) is 18.0 Å². The summed E-state index contributed by atoms with van der Waals surface area (Å²) in [4.78, 5) is 24.3. The monoisotopic (exact) mass is 459 g/mol. The van der Waals surface area contributed by atoms with Crippen LogP contribution in [0.1, 0.15) is 41.3 Å². The average molecular weight is 459 g/mol. The first-order valence-electron chi connectivity index (χ1n) is 10.5. The minimum atomic E-state index is -4.38. The molecule has 33 heavy (non-hydrogen) atoms. The smallest absolute Gasteiger partial charge is 0.416 e. The molecule has 0 atom stereocenters. The van der Waals surface area contributed by atoms with Crippen LogP contribution in [0, 0.1) is 0 Å². The van der Waals surface area contributed by atoms with E-state index in [0.717, 1.165) is 12.1 Å². The quantitative estimate of drug-likeness (QED) is 0.670. The van der Waals surface area contributed by atoms with Gasteiger partial charge in [-0.25, -0.2) is 0 Å². The molecule has 0 radical (unpaired) electrons. The summed E-state index contributed by atoms with van der Waals surface area (Å²) in [5.41, 5.74) is 1.01. The number of methoxy groups -OCH3 is 2. The Labute approximate surface area is 189 Å². The van der Waals surface area contributed by atoms with Crippen molar-refractivity contribution in [2.75, 3.05) is 27.3 Å².